The molecule has 14 nitrogen and oxygen atoms in total. The zero-order valence-corrected chi connectivity index (χ0v) is 30.4. The molecule has 0 spiro atoms. The Hall–Kier alpha value is -4.57. The molecule has 3 heterocycles. The number of ether oxygens (including phenoxy) is 5. The van der Waals surface area contributed by atoms with E-state index in [9.17, 15) is 14.4 Å². The molecule has 1 atom stereocenters. The second-order valence-electron chi connectivity index (χ2n) is 12.6. The summed E-state index contributed by atoms with van der Waals surface area (Å²) in [4.78, 5) is 42.2. The molecule has 0 saturated heterocycles. The average Bonchev–Trinajstić information content (AvgIpc) is 3.91. The Morgan fingerprint density at radius 3 is 2.50 bits per heavy atom. The van der Waals surface area contributed by atoms with Crippen LogP contribution in [-0.2, 0) is 31.2 Å². The quantitative estimate of drug-likeness (QED) is 0.0601. The Balaban J connectivity index is 0.781. The van der Waals surface area contributed by atoms with Crippen molar-refractivity contribution in [2.45, 2.75) is 49.5 Å². The minimum Gasteiger partial charge on any atom is -0.493 e. The van der Waals surface area contributed by atoms with E-state index in [4.69, 9.17) is 23.7 Å². The monoisotopic (exact) mass is 734 g/mol. The van der Waals surface area contributed by atoms with Crippen molar-refractivity contribution >= 4 is 35.0 Å². The average molecular weight is 735 g/mol. The topological polar surface area (TPSA) is 182 Å². The molecule has 2 aromatic heterocycles. The number of hydrogen-bond acceptors (Lipinski definition) is 11. The van der Waals surface area contributed by atoms with Gasteiger partial charge in [0, 0.05) is 64.9 Å². The van der Waals surface area contributed by atoms with E-state index in [2.05, 4.69) is 30.8 Å². The van der Waals surface area contributed by atoms with E-state index in [1.165, 1.54) is 0 Å². The van der Waals surface area contributed by atoms with Crippen molar-refractivity contribution in [2.75, 3.05) is 65.7 Å². The van der Waals surface area contributed by atoms with Crippen LogP contribution in [0.1, 0.15) is 70.2 Å². The Labute approximate surface area is 306 Å². The number of fused-ring (bicyclic) bond motifs is 4. The molecule has 6 rings (SSSR count). The number of nitrogens with zero attached hydrogens (tertiary/aromatic N) is 1. The maximum atomic E-state index is 12.8. The molecule has 4 aromatic rings. The van der Waals surface area contributed by atoms with Crippen LogP contribution < -0.4 is 25.8 Å². The van der Waals surface area contributed by atoms with E-state index in [1.807, 2.05) is 36.0 Å². The van der Waals surface area contributed by atoms with Crippen LogP contribution in [0.2, 0.25) is 0 Å². The minimum absolute atomic E-state index is 0.137. The van der Waals surface area contributed by atoms with Gasteiger partial charge < -0.3 is 44.3 Å². The third kappa shape index (κ3) is 9.45. The summed E-state index contributed by atoms with van der Waals surface area (Å²) in [7, 11) is 3.24. The first-order valence-electron chi connectivity index (χ1n) is 17.6. The number of methoxy groups -OCH3 is 2. The van der Waals surface area contributed by atoms with E-state index in [1.54, 1.807) is 26.4 Å². The van der Waals surface area contributed by atoms with Gasteiger partial charge in [-0.25, -0.2) is 4.79 Å². The van der Waals surface area contributed by atoms with Crippen molar-refractivity contribution in [1.82, 2.24) is 25.5 Å². The number of Topliss-reactive ketones (excluding diaryl/α,β-unsaturated/α-hetero) is 1. The largest absolute Gasteiger partial charge is 0.493 e. The first kappa shape index (κ1) is 37.2. The molecule has 1 aliphatic carbocycles. The highest BCUT2D eigenvalue weighted by atomic mass is 32.2. The highest BCUT2D eigenvalue weighted by Crippen LogP contribution is 2.44. The molecule has 52 heavy (non-hydrogen) atoms. The molecule has 0 radical (unpaired) electrons. The number of hydrogen-bond donors (Lipinski definition) is 5. The zero-order chi connectivity index (χ0) is 36.3. The molecule has 278 valence electrons. The van der Waals surface area contributed by atoms with Crippen LogP contribution >= 0.6 is 11.8 Å². The van der Waals surface area contributed by atoms with Crippen LogP contribution in [0.5, 0.6) is 11.5 Å². The predicted molar refractivity (Wildman–Crippen MR) is 198 cm³/mol. The number of H-pyrrole nitrogens is 3. The molecule has 2 aliphatic rings. The van der Waals surface area contributed by atoms with Gasteiger partial charge in [0.25, 0.3) is 5.91 Å². The number of aromatic nitrogens is 4. The molecular formula is C37H46N6O8S. The Bertz CT molecular complexity index is 1890. The van der Waals surface area contributed by atoms with Crippen LogP contribution in [-0.4, -0.2) is 92.3 Å². The lowest BCUT2D eigenvalue weighted by atomic mass is 10.1. The summed E-state index contributed by atoms with van der Waals surface area (Å²) in [5, 5.41) is 14.2. The Kier molecular flexibility index (Phi) is 13.1. The van der Waals surface area contributed by atoms with Crippen LogP contribution in [0.25, 0.3) is 11.3 Å². The summed E-state index contributed by atoms with van der Waals surface area (Å²) in [6, 6.07) is 11.2. The fourth-order valence-electron chi connectivity index (χ4n) is 6.39. The lowest BCUT2D eigenvalue weighted by Crippen LogP contribution is -2.27. The van der Waals surface area contributed by atoms with E-state index in [0.717, 1.165) is 64.5 Å². The number of thioether (sulfide) groups is 1. The second kappa shape index (κ2) is 18.3. The van der Waals surface area contributed by atoms with Gasteiger partial charge in [-0.05, 0) is 48.7 Å². The Morgan fingerprint density at radius 1 is 0.923 bits per heavy atom. The second-order valence-corrected chi connectivity index (χ2v) is 13.8. The molecule has 2 aromatic carbocycles. The van der Waals surface area contributed by atoms with Gasteiger partial charge in [-0.2, -0.15) is 5.10 Å². The number of imidazole rings is 1. The molecular weight excluding hydrogens is 689 g/mol. The molecule has 0 fully saturated rings. The number of amides is 1. The molecule has 1 unspecified atom stereocenters. The summed E-state index contributed by atoms with van der Waals surface area (Å²) >= 11 is 1.83. The zero-order valence-electron chi connectivity index (χ0n) is 29.6. The van der Waals surface area contributed by atoms with Gasteiger partial charge >= 0.3 is 5.69 Å². The van der Waals surface area contributed by atoms with Gasteiger partial charge in [0.05, 0.1) is 65.2 Å². The van der Waals surface area contributed by atoms with Crippen molar-refractivity contribution in [3.63, 3.8) is 0 Å². The molecule has 1 amide bonds. The Morgan fingerprint density at radius 2 is 1.69 bits per heavy atom. The fraction of sp³-hybridized carbons (Fsp3) is 0.459. The fourth-order valence-corrected chi connectivity index (χ4v) is 7.69. The number of ketones is 1. The number of nitrogens with one attached hydrogen (secondary N) is 5. The lowest BCUT2D eigenvalue weighted by molar-refractivity contribution is -0.120. The van der Waals surface area contributed by atoms with Crippen LogP contribution in [0.3, 0.4) is 0 Å². The van der Waals surface area contributed by atoms with Crippen LogP contribution in [0, 0.1) is 0 Å². The van der Waals surface area contributed by atoms with Gasteiger partial charge in [-0.15, -0.1) is 11.8 Å². The van der Waals surface area contributed by atoms with E-state index < -0.39 is 0 Å². The minimum atomic E-state index is -0.199. The van der Waals surface area contributed by atoms with E-state index in [-0.39, 0.29) is 17.4 Å². The van der Waals surface area contributed by atoms with Crippen molar-refractivity contribution < 1.29 is 33.3 Å². The standard InChI is InChI=1S/C37H46N6O8S/c1-47-30-20-24-19-28-33(27(24)21-31(30)48-2)42-43-35(28)39-25-7-5-6-23(18-25)36(45)38-11-13-50-15-17-51-16-14-49-12-10-26(44)8-3-4-9-32-34-29(22-52-32)40-37(46)41-34/h5-7,18,20-21,32H,3-4,8-17,19,22H2,1-2H3,(H,38,45)(H2,39,42,43)(H2,40,41,46). The van der Waals surface area contributed by atoms with Crippen molar-refractivity contribution in [2.24, 2.45) is 0 Å². The molecule has 5 N–H and O–H groups in total. The summed E-state index contributed by atoms with van der Waals surface area (Å²) < 4.78 is 27.6. The van der Waals surface area contributed by atoms with Gasteiger partial charge in [-0.1, -0.05) is 12.5 Å². The number of unbranched alkanes of at least 4 members (excludes halogenated alkanes) is 1. The molecule has 1 aliphatic heterocycles. The van der Waals surface area contributed by atoms with Crippen molar-refractivity contribution in [3.8, 4) is 22.8 Å². The summed E-state index contributed by atoms with van der Waals surface area (Å²) in [5.74, 6) is 2.89. The van der Waals surface area contributed by atoms with Crippen LogP contribution in [0.4, 0.5) is 11.5 Å². The first-order chi connectivity index (χ1) is 25.4. The smallest absolute Gasteiger partial charge is 0.323 e. The van der Waals surface area contributed by atoms with Crippen molar-refractivity contribution in [3.05, 3.63) is 75.0 Å². The maximum Gasteiger partial charge on any atom is 0.323 e. The molecule has 0 bridgehead atoms. The number of rotatable bonds is 22. The van der Waals surface area contributed by atoms with E-state index in [0.29, 0.717) is 93.6 Å². The third-order valence-electron chi connectivity index (χ3n) is 9.06. The number of carbonyl (C=O) groups is 2. The number of aromatic amines is 3. The van der Waals surface area contributed by atoms with Gasteiger partial charge in [0.1, 0.15) is 5.78 Å². The predicted octanol–water partition coefficient (Wildman–Crippen LogP) is 5.05. The molecule has 15 heteroatoms. The number of anilines is 2. The van der Waals surface area contributed by atoms with Gasteiger partial charge in [0.2, 0.25) is 0 Å². The highest BCUT2D eigenvalue weighted by Gasteiger charge is 2.27. The summed E-state index contributed by atoms with van der Waals surface area (Å²) in [6.45, 7) is 2.73. The highest BCUT2D eigenvalue weighted by molar-refractivity contribution is 7.99. The normalized spacial score (nSPS) is 14.2. The SMILES string of the molecule is COc1cc2c(cc1OC)-c1[nH]nc(Nc3cccc(C(=O)NCCOCCOCCOCCC(=O)CCCCC4SCc5[nH]c(=O)[nH]c54)c3)c1C2. The van der Waals surface area contributed by atoms with Crippen LogP contribution in [0.15, 0.2) is 41.2 Å². The first-order valence-corrected chi connectivity index (χ1v) is 18.6. The lowest BCUT2D eigenvalue weighted by Gasteiger charge is -2.10. The van der Waals surface area contributed by atoms with Gasteiger partial charge in [0.15, 0.2) is 17.3 Å². The molecule has 0 saturated carbocycles. The summed E-state index contributed by atoms with van der Waals surface area (Å²) in [5.41, 5.74) is 7.28. The number of benzene rings is 2. The van der Waals surface area contributed by atoms with Crippen molar-refractivity contribution in [1.29, 1.82) is 0 Å². The number of carbonyl (C=O) groups excluding carboxylic acids is 2. The third-order valence-corrected chi connectivity index (χ3v) is 10.4. The van der Waals surface area contributed by atoms with Gasteiger partial charge in [-0.3, -0.25) is 14.7 Å². The summed E-state index contributed by atoms with van der Waals surface area (Å²) in [6.07, 6.45) is 4.39. The van der Waals surface area contributed by atoms with E-state index >= 15 is 0 Å². The maximum absolute atomic E-state index is 12.8.